The number of urea groups is 1. The van der Waals surface area contributed by atoms with Gasteiger partial charge < -0.3 is 20.6 Å². The van der Waals surface area contributed by atoms with Gasteiger partial charge in [0, 0.05) is 56.7 Å². The number of hydrogen-bond donors (Lipinski definition) is 3. The molecule has 0 spiro atoms. The maximum atomic E-state index is 13.1. The van der Waals surface area contributed by atoms with Gasteiger partial charge in [0.05, 0.1) is 13.0 Å². The number of aryl methyl sites for hydroxylation is 1. The molecule has 2 aliphatic rings. The zero-order valence-electron chi connectivity index (χ0n) is 20.8. The van der Waals surface area contributed by atoms with Gasteiger partial charge in [-0.1, -0.05) is 30.3 Å². The summed E-state index contributed by atoms with van der Waals surface area (Å²) in [4.78, 5) is 42.6. The van der Waals surface area contributed by atoms with Gasteiger partial charge in [-0.15, -0.1) is 0 Å². The lowest BCUT2D eigenvalue weighted by Gasteiger charge is -2.37. The van der Waals surface area contributed by atoms with Crippen LogP contribution in [0.5, 0.6) is 0 Å². The van der Waals surface area contributed by atoms with Crippen molar-refractivity contribution in [3.05, 3.63) is 59.7 Å². The molecular weight excluding hydrogens is 458 g/mol. The Labute approximate surface area is 212 Å². The molecule has 3 N–H and O–H groups in total. The molecule has 0 saturated carbocycles. The van der Waals surface area contributed by atoms with E-state index in [0.717, 1.165) is 68.9 Å². The highest BCUT2D eigenvalue weighted by molar-refractivity contribution is 6.00. The van der Waals surface area contributed by atoms with Gasteiger partial charge in [-0.25, -0.2) is 4.79 Å². The van der Waals surface area contributed by atoms with E-state index in [1.54, 1.807) is 0 Å². The van der Waals surface area contributed by atoms with Crippen molar-refractivity contribution in [2.75, 3.05) is 56.4 Å². The molecule has 2 heterocycles. The summed E-state index contributed by atoms with van der Waals surface area (Å²) >= 11 is 0. The summed E-state index contributed by atoms with van der Waals surface area (Å²) in [6.45, 7) is 6.80. The van der Waals surface area contributed by atoms with Crippen molar-refractivity contribution in [1.29, 1.82) is 0 Å². The molecule has 36 heavy (non-hydrogen) atoms. The first-order valence-corrected chi connectivity index (χ1v) is 12.6. The van der Waals surface area contributed by atoms with Crippen molar-refractivity contribution in [2.24, 2.45) is 0 Å². The van der Waals surface area contributed by atoms with Gasteiger partial charge in [0.15, 0.2) is 0 Å². The molecule has 3 amide bonds. The Morgan fingerprint density at radius 3 is 2.31 bits per heavy atom. The number of aliphatic carboxylic acids is 1. The molecule has 192 valence electrons. The van der Waals surface area contributed by atoms with Crippen LogP contribution in [-0.2, 0) is 16.0 Å². The molecule has 9 nitrogen and oxygen atoms in total. The summed E-state index contributed by atoms with van der Waals surface area (Å²) in [6, 6.07) is 14.9. The Kier molecular flexibility index (Phi) is 8.56. The van der Waals surface area contributed by atoms with E-state index in [9.17, 15) is 14.4 Å². The van der Waals surface area contributed by atoms with Crippen LogP contribution in [0.25, 0.3) is 0 Å². The summed E-state index contributed by atoms with van der Waals surface area (Å²) in [7, 11) is 0. The smallest absolute Gasteiger partial charge is 0.323 e. The lowest BCUT2D eigenvalue weighted by Crippen LogP contribution is -2.52. The van der Waals surface area contributed by atoms with Gasteiger partial charge in [-0.05, 0) is 49.1 Å². The highest BCUT2D eigenvalue weighted by atomic mass is 16.4. The number of piperazine rings is 1. The van der Waals surface area contributed by atoms with E-state index in [1.165, 1.54) is 0 Å². The van der Waals surface area contributed by atoms with E-state index in [0.29, 0.717) is 12.1 Å². The number of hydrogen-bond acceptors (Lipinski definition) is 5. The number of carboxylic acid groups (broad SMARTS) is 1. The summed E-state index contributed by atoms with van der Waals surface area (Å²) in [5, 5.41) is 14.7. The fourth-order valence-corrected chi connectivity index (χ4v) is 4.95. The predicted octanol–water partition coefficient (Wildman–Crippen LogP) is 2.87. The number of para-hydroxylation sites is 1. The number of benzene rings is 2. The maximum Gasteiger partial charge on any atom is 0.323 e. The molecular formula is C27H35N5O4. The summed E-state index contributed by atoms with van der Waals surface area (Å²) < 4.78 is 0. The van der Waals surface area contributed by atoms with Gasteiger partial charge in [-0.3, -0.25) is 19.4 Å². The minimum Gasteiger partial charge on any atom is -0.480 e. The van der Waals surface area contributed by atoms with E-state index in [1.807, 2.05) is 65.3 Å². The zero-order chi connectivity index (χ0) is 25.5. The second-order valence-electron chi connectivity index (χ2n) is 9.62. The van der Waals surface area contributed by atoms with E-state index < -0.39 is 5.97 Å². The lowest BCUT2D eigenvalue weighted by atomic mass is 10.1. The summed E-state index contributed by atoms with van der Waals surface area (Å²) in [5.74, 6) is -0.662. The first-order valence-electron chi connectivity index (χ1n) is 12.6. The number of rotatable bonds is 8. The molecule has 0 radical (unpaired) electrons. The molecule has 1 atom stereocenters. The molecule has 4 rings (SSSR count). The van der Waals surface area contributed by atoms with Crippen LogP contribution >= 0.6 is 0 Å². The third-order valence-electron chi connectivity index (χ3n) is 6.95. The third-order valence-corrected chi connectivity index (χ3v) is 6.95. The average Bonchev–Trinajstić information content (AvgIpc) is 3.31. The van der Waals surface area contributed by atoms with Crippen molar-refractivity contribution in [3.63, 3.8) is 0 Å². The molecule has 0 bridgehead atoms. The van der Waals surface area contributed by atoms with Crippen molar-refractivity contribution < 1.29 is 19.5 Å². The van der Waals surface area contributed by atoms with Crippen LogP contribution in [0.15, 0.2) is 48.5 Å². The highest BCUT2D eigenvalue weighted by Crippen LogP contribution is 2.21. The minimum absolute atomic E-state index is 0.0908. The molecule has 0 aromatic heterocycles. The summed E-state index contributed by atoms with van der Waals surface area (Å²) in [5.41, 5.74) is 3.33. The Balaban J connectivity index is 1.25. The van der Waals surface area contributed by atoms with Crippen LogP contribution in [0.1, 0.15) is 24.0 Å². The quantitative estimate of drug-likeness (QED) is 0.522. The molecule has 2 aliphatic heterocycles. The van der Waals surface area contributed by atoms with Crippen LogP contribution in [-0.4, -0.2) is 89.6 Å². The van der Waals surface area contributed by atoms with Crippen molar-refractivity contribution in [1.82, 2.24) is 14.7 Å². The fourth-order valence-electron chi connectivity index (χ4n) is 4.95. The number of nitrogens with zero attached hydrogens (tertiary/aromatic N) is 3. The van der Waals surface area contributed by atoms with Crippen LogP contribution < -0.4 is 10.6 Å². The Bertz CT molecular complexity index is 1070. The van der Waals surface area contributed by atoms with Gasteiger partial charge in [0.25, 0.3) is 0 Å². The molecule has 0 unspecified atom stereocenters. The van der Waals surface area contributed by atoms with Crippen LogP contribution in [0, 0.1) is 6.92 Å². The van der Waals surface area contributed by atoms with Crippen LogP contribution in [0.2, 0.25) is 0 Å². The van der Waals surface area contributed by atoms with Crippen LogP contribution in [0.3, 0.4) is 0 Å². The first kappa shape index (κ1) is 25.7. The number of nitrogens with one attached hydrogen (secondary N) is 2. The fraction of sp³-hybridized carbons (Fsp3) is 0.444. The number of carboxylic acids is 1. The van der Waals surface area contributed by atoms with Crippen LogP contribution in [0.4, 0.5) is 16.2 Å². The van der Waals surface area contributed by atoms with Crippen molar-refractivity contribution >= 4 is 29.3 Å². The number of carbonyl (C=O) groups excluding carboxylic acids is 2. The van der Waals surface area contributed by atoms with Gasteiger partial charge in [0.1, 0.15) is 0 Å². The first-order chi connectivity index (χ1) is 17.4. The van der Waals surface area contributed by atoms with Crippen molar-refractivity contribution in [2.45, 2.75) is 32.2 Å². The molecule has 2 aromatic rings. The van der Waals surface area contributed by atoms with E-state index >= 15 is 0 Å². The zero-order valence-corrected chi connectivity index (χ0v) is 20.8. The topological polar surface area (TPSA) is 105 Å². The average molecular weight is 494 g/mol. The number of anilines is 2. The largest absolute Gasteiger partial charge is 0.480 e. The molecule has 9 heteroatoms. The Hall–Kier alpha value is -3.43. The normalized spacial score (nSPS) is 18.7. The van der Waals surface area contributed by atoms with E-state index in [4.69, 9.17) is 5.11 Å². The third kappa shape index (κ3) is 7.05. The van der Waals surface area contributed by atoms with Gasteiger partial charge in [0.2, 0.25) is 5.91 Å². The number of likely N-dealkylation sites (tertiary alicyclic amines) is 1. The molecule has 2 saturated heterocycles. The van der Waals surface area contributed by atoms with E-state index in [-0.39, 0.29) is 24.5 Å². The number of amides is 3. The van der Waals surface area contributed by atoms with Gasteiger partial charge in [-0.2, -0.15) is 0 Å². The molecule has 2 fully saturated rings. The maximum absolute atomic E-state index is 13.1. The van der Waals surface area contributed by atoms with E-state index in [2.05, 4.69) is 15.5 Å². The molecule has 2 aromatic carbocycles. The minimum atomic E-state index is -0.787. The molecule has 0 aliphatic carbocycles. The Morgan fingerprint density at radius 1 is 0.917 bits per heavy atom. The standard InChI is InChI=1S/C27H35N5O4/c1-20-5-2-3-7-24(20)29-27(36)28-22-10-8-21(9-11-22)17-25(33)32-12-4-6-23(32)18-30-13-15-31(16-14-30)19-26(34)35/h2-3,5,7-11,23H,4,6,12-19H2,1H3,(H,34,35)(H2,28,29,36)/t23-/m0/s1. The number of carbonyl (C=O) groups is 3. The highest BCUT2D eigenvalue weighted by Gasteiger charge is 2.31. The van der Waals surface area contributed by atoms with Gasteiger partial charge >= 0.3 is 12.0 Å². The predicted molar refractivity (Wildman–Crippen MR) is 139 cm³/mol. The monoisotopic (exact) mass is 493 g/mol. The second kappa shape index (κ2) is 12.0. The SMILES string of the molecule is Cc1ccccc1NC(=O)Nc1ccc(CC(=O)N2CCC[C@H]2CN2CCN(CC(=O)O)CC2)cc1. The second-order valence-corrected chi connectivity index (χ2v) is 9.62. The van der Waals surface area contributed by atoms with Crippen molar-refractivity contribution in [3.8, 4) is 0 Å². The Morgan fingerprint density at radius 2 is 1.61 bits per heavy atom. The summed E-state index contributed by atoms with van der Waals surface area (Å²) in [6.07, 6.45) is 2.34. The lowest BCUT2D eigenvalue weighted by molar-refractivity contribution is -0.139.